The molecule has 5 heterocycles. The van der Waals surface area contributed by atoms with Crippen molar-refractivity contribution in [1.29, 1.82) is 0 Å². The summed E-state index contributed by atoms with van der Waals surface area (Å²) < 4.78 is 26.5. The Morgan fingerprint density at radius 2 is 1.86 bits per heavy atom. The molecule has 0 radical (unpaired) electrons. The lowest BCUT2D eigenvalue weighted by Crippen LogP contribution is -2.33. The molecule has 3 aromatic heterocycles. The lowest BCUT2D eigenvalue weighted by molar-refractivity contribution is -0.131. The van der Waals surface area contributed by atoms with Crippen LogP contribution in [0, 0.1) is 0 Å². The van der Waals surface area contributed by atoms with Crippen molar-refractivity contribution in [2.75, 3.05) is 11.9 Å². The lowest BCUT2D eigenvalue weighted by Gasteiger charge is -2.20. The van der Waals surface area contributed by atoms with E-state index in [1.807, 2.05) is 42.5 Å². The van der Waals surface area contributed by atoms with Gasteiger partial charge in [-0.15, -0.1) is 0 Å². The van der Waals surface area contributed by atoms with E-state index in [-0.39, 0.29) is 35.9 Å². The Bertz CT molecular complexity index is 1680. The van der Waals surface area contributed by atoms with E-state index in [9.17, 15) is 14.7 Å². The standard InChI is InChI=1S/C29H27N7O7/c37-28(38)18-7-4-12-30-26(18)40-13-19-22-23(43-20(42-22)11-8-16-5-2-1-3-6-16)27(41-19)36-15-33-21-24(31-14-32-25(21)36)35-29(39)34-17-9-10-17/h1-8,11-12,14-15,17,19-20,22-23,27H,9-10,13H2,(H,37,38)(H2,31,32,34,35,39)/b11-8+/t19?,20-,22?,23?,27?/m0/s1. The van der Waals surface area contributed by atoms with Gasteiger partial charge in [-0.05, 0) is 36.6 Å². The second-order valence-corrected chi connectivity index (χ2v) is 10.3. The molecular weight excluding hydrogens is 558 g/mol. The molecule has 5 atom stereocenters. The normalized spacial score (nSPS) is 24.7. The number of fused-ring (bicyclic) bond motifs is 2. The molecule has 3 fully saturated rings. The molecule has 0 bridgehead atoms. The smallest absolute Gasteiger partial charge is 0.341 e. The number of hydrogen-bond acceptors (Lipinski definition) is 10. The van der Waals surface area contributed by atoms with Crippen molar-refractivity contribution in [3.63, 3.8) is 0 Å². The highest BCUT2D eigenvalue weighted by Gasteiger charge is 2.53. The largest absolute Gasteiger partial charge is 0.477 e. The second-order valence-electron chi connectivity index (χ2n) is 10.3. The Morgan fingerprint density at radius 3 is 2.67 bits per heavy atom. The van der Waals surface area contributed by atoms with Gasteiger partial charge >= 0.3 is 12.0 Å². The van der Waals surface area contributed by atoms with Gasteiger partial charge < -0.3 is 29.4 Å². The first kappa shape index (κ1) is 26.9. The molecule has 3 aliphatic rings. The predicted octanol–water partition coefficient (Wildman–Crippen LogP) is 3.00. The van der Waals surface area contributed by atoms with E-state index in [4.69, 9.17) is 18.9 Å². The maximum absolute atomic E-state index is 12.4. The summed E-state index contributed by atoms with van der Waals surface area (Å²) in [5, 5.41) is 15.1. The quantitative estimate of drug-likeness (QED) is 0.264. The summed E-state index contributed by atoms with van der Waals surface area (Å²) >= 11 is 0. The molecule has 1 aliphatic carbocycles. The van der Waals surface area contributed by atoms with E-state index in [1.165, 1.54) is 24.7 Å². The third-order valence-electron chi connectivity index (χ3n) is 7.28. The average Bonchev–Trinajstić information content (AvgIpc) is 3.42. The van der Waals surface area contributed by atoms with Gasteiger partial charge in [-0.2, -0.15) is 0 Å². The van der Waals surface area contributed by atoms with Gasteiger partial charge in [-0.3, -0.25) is 9.88 Å². The summed E-state index contributed by atoms with van der Waals surface area (Å²) in [6.45, 7) is -0.0524. The molecule has 2 saturated heterocycles. The van der Waals surface area contributed by atoms with E-state index in [0.29, 0.717) is 11.2 Å². The third kappa shape index (κ3) is 5.62. The van der Waals surface area contributed by atoms with Crippen LogP contribution < -0.4 is 15.4 Å². The Labute approximate surface area is 244 Å². The van der Waals surface area contributed by atoms with Gasteiger partial charge in [-0.25, -0.2) is 29.5 Å². The van der Waals surface area contributed by atoms with Crippen LogP contribution in [0.5, 0.6) is 5.88 Å². The molecule has 7 rings (SSSR count). The molecule has 43 heavy (non-hydrogen) atoms. The summed E-state index contributed by atoms with van der Waals surface area (Å²) in [6, 6.07) is 12.5. The molecule has 0 spiro atoms. The first-order valence-electron chi connectivity index (χ1n) is 13.8. The van der Waals surface area contributed by atoms with Gasteiger partial charge in [0.2, 0.25) is 5.88 Å². The minimum atomic E-state index is -1.16. The van der Waals surface area contributed by atoms with Crippen LogP contribution in [0.3, 0.4) is 0 Å². The number of nitrogens with one attached hydrogen (secondary N) is 2. The third-order valence-corrected chi connectivity index (χ3v) is 7.28. The number of carbonyl (C=O) groups excluding carboxylic acids is 1. The number of imidazole rings is 1. The highest BCUT2D eigenvalue weighted by atomic mass is 16.8. The number of benzene rings is 1. The van der Waals surface area contributed by atoms with Crippen molar-refractivity contribution in [2.24, 2.45) is 0 Å². The fourth-order valence-corrected chi connectivity index (χ4v) is 5.08. The van der Waals surface area contributed by atoms with Crippen LogP contribution >= 0.6 is 0 Å². The molecule has 3 N–H and O–H groups in total. The highest BCUT2D eigenvalue weighted by molar-refractivity contribution is 5.96. The van der Waals surface area contributed by atoms with Crippen LogP contribution in [0.2, 0.25) is 0 Å². The first-order chi connectivity index (χ1) is 21.0. The van der Waals surface area contributed by atoms with Gasteiger partial charge in [0.05, 0.1) is 6.33 Å². The zero-order valence-electron chi connectivity index (χ0n) is 22.6. The summed E-state index contributed by atoms with van der Waals surface area (Å²) in [4.78, 5) is 41.2. The minimum absolute atomic E-state index is 0.0287. The zero-order valence-corrected chi connectivity index (χ0v) is 22.6. The van der Waals surface area contributed by atoms with Gasteiger partial charge in [0.25, 0.3) is 0 Å². The Hall–Kier alpha value is -4.92. The molecule has 14 nitrogen and oxygen atoms in total. The number of hydrogen-bond donors (Lipinski definition) is 3. The van der Waals surface area contributed by atoms with E-state index in [0.717, 1.165) is 18.4 Å². The van der Waals surface area contributed by atoms with E-state index in [2.05, 4.69) is 30.6 Å². The van der Waals surface area contributed by atoms with Gasteiger partial charge in [-0.1, -0.05) is 36.4 Å². The van der Waals surface area contributed by atoms with Crippen molar-refractivity contribution in [3.8, 4) is 5.88 Å². The number of anilines is 1. The molecule has 4 aromatic rings. The van der Waals surface area contributed by atoms with Crippen LogP contribution in [0.15, 0.2) is 67.4 Å². The number of aromatic carboxylic acids is 1. The van der Waals surface area contributed by atoms with Crippen molar-refractivity contribution in [2.45, 2.75) is 49.7 Å². The Kier molecular flexibility index (Phi) is 7.14. The number of carbonyl (C=O) groups is 2. The molecule has 1 aromatic carbocycles. The summed E-state index contributed by atoms with van der Waals surface area (Å²) in [6.07, 6.45) is 6.74. The van der Waals surface area contributed by atoms with Crippen LogP contribution in [0.1, 0.15) is 35.0 Å². The number of urea groups is 1. The molecule has 2 amide bonds. The summed E-state index contributed by atoms with van der Waals surface area (Å²) in [5.41, 5.74) is 1.72. The minimum Gasteiger partial charge on any atom is -0.477 e. The number of nitrogens with zero attached hydrogens (tertiary/aromatic N) is 5. The molecule has 2 aliphatic heterocycles. The maximum atomic E-state index is 12.4. The molecular formula is C29H27N7O7. The number of pyridine rings is 1. The van der Waals surface area contributed by atoms with E-state index < -0.39 is 36.8 Å². The number of carboxylic acids is 1. The molecule has 220 valence electrons. The van der Waals surface area contributed by atoms with Gasteiger partial charge in [0, 0.05) is 12.2 Å². The fourth-order valence-electron chi connectivity index (χ4n) is 5.08. The maximum Gasteiger partial charge on any atom is 0.341 e. The Morgan fingerprint density at radius 1 is 1.02 bits per heavy atom. The van der Waals surface area contributed by atoms with Crippen LogP contribution in [0.4, 0.5) is 10.6 Å². The topological polar surface area (TPSA) is 172 Å². The number of ether oxygens (including phenoxy) is 4. The van der Waals surface area contributed by atoms with Crippen molar-refractivity contribution in [1.82, 2.24) is 29.8 Å². The zero-order chi connectivity index (χ0) is 29.3. The Balaban J connectivity index is 1.15. The fraction of sp³-hybridized carbons (Fsp3) is 0.310. The average molecular weight is 586 g/mol. The van der Waals surface area contributed by atoms with Crippen molar-refractivity contribution >= 4 is 35.1 Å². The van der Waals surface area contributed by atoms with Crippen molar-refractivity contribution in [3.05, 3.63) is 78.5 Å². The van der Waals surface area contributed by atoms with E-state index >= 15 is 0 Å². The summed E-state index contributed by atoms with van der Waals surface area (Å²) in [7, 11) is 0. The van der Waals surface area contributed by atoms with Gasteiger partial charge in [0.1, 0.15) is 36.8 Å². The molecule has 4 unspecified atom stereocenters. The number of carboxylic acid groups (broad SMARTS) is 1. The first-order valence-corrected chi connectivity index (χ1v) is 13.8. The monoisotopic (exact) mass is 585 g/mol. The summed E-state index contributed by atoms with van der Waals surface area (Å²) in [5.74, 6) is -0.920. The van der Waals surface area contributed by atoms with E-state index in [1.54, 1.807) is 10.9 Å². The number of amides is 2. The van der Waals surface area contributed by atoms with Crippen molar-refractivity contribution < 1.29 is 33.6 Å². The second kappa shape index (κ2) is 11.4. The van der Waals surface area contributed by atoms with Crippen LogP contribution in [-0.4, -0.2) is 78.9 Å². The predicted molar refractivity (Wildman–Crippen MR) is 150 cm³/mol. The highest BCUT2D eigenvalue weighted by Crippen LogP contribution is 2.41. The van der Waals surface area contributed by atoms with Crippen LogP contribution in [0.25, 0.3) is 17.2 Å². The molecule has 14 heteroatoms. The van der Waals surface area contributed by atoms with Gasteiger partial charge in [0.15, 0.2) is 29.5 Å². The number of aromatic nitrogens is 5. The number of rotatable bonds is 9. The molecule has 1 saturated carbocycles. The van der Waals surface area contributed by atoms with Crippen LogP contribution in [-0.2, 0) is 14.2 Å². The lowest BCUT2D eigenvalue weighted by atomic mass is 10.1. The SMILES string of the molecule is O=C(Nc1ncnc2c1ncn2C1OC(COc2ncccc2C(=O)O)C2O[C@H](/C=C/c3ccccc3)OC21)NC1CC1.